The third kappa shape index (κ3) is 4.80. The molecule has 0 saturated heterocycles. The van der Waals surface area contributed by atoms with E-state index < -0.39 is 5.97 Å². The first kappa shape index (κ1) is 18.8. The minimum Gasteiger partial charge on any atom is -0.481 e. The number of nitrogens with zero attached hydrogens (tertiary/aromatic N) is 1. The summed E-state index contributed by atoms with van der Waals surface area (Å²) in [7, 11) is 1.35. The molecule has 0 fully saturated rings. The van der Waals surface area contributed by atoms with Crippen LogP contribution in [0.3, 0.4) is 0 Å². The van der Waals surface area contributed by atoms with Gasteiger partial charge in [-0.2, -0.15) is 0 Å². The Balaban J connectivity index is 1.91. The summed E-state index contributed by atoms with van der Waals surface area (Å²) >= 11 is 1.59. The van der Waals surface area contributed by atoms with E-state index in [0.29, 0.717) is 18.4 Å². The first-order chi connectivity index (χ1) is 13.1. The van der Waals surface area contributed by atoms with Gasteiger partial charge in [0.05, 0.1) is 22.9 Å². The van der Waals surface area contributed by atoms with Gasteiger partial charge in [-0.25, -0.2) is 9.78 Å². The number of esters is 1. The van der Waals surface area contributed by atoms with Crippen LogP contribution >= 0.6 is 11.3 Å². The van der Waals surface area contributed by atoms with Gasteiger partial charge in [-0.15, -0.1) is 11.3 Å². The molecule has 0 aliphatic heterocycles. The summed E-state index contributed by atoms with van der Waals surface area (Å²) in [6.07, 6.45) is 3.27. The van der Waals surface area contributed by atoms with Crippen molar-refractivity contribution in [2.45, 2.75) is 19.3 Å². The van der Waals surface area contributed by atoms with Crippen molar-refractivity contribution in [3.05, 3.63) is 64.7 Å². The van der Waals surface area contributed by atoms with Crippen molar-refractivity contribution >= 4 is 45.1 Å². The topological polar surface area (TPSA) is 76.5 Å². The molecule has 0 aliphatic carbocycles. The summed E-state index contributed by atoms with van der Waals surface area (Å²) in [5, 5.41) is 9.82. The van der Waals surface area contributed by atoms with Crippen molar-refractivity contribution in [3.63, 3.8) is 0 Å². The summed E-state index contributed by atoms with van der Waals surface area (Å²) in [5.41, 5.74) is 3.33. The van der Waals surface area contributed by atoms with Crippen molar-refractivity contribution in [2.75, 3.05) is 7.11 Å². The molecule has 0 amide bonds. The Morgan fingerprint density at radius 2 is 1.85 bits per heavy atom. The van der Waals surface area contributed by atoms with E-state index in [1.165, 1.54) is 7.11 Å². The first-order valence-corrected chi connectivity index (χ1v) is 9.35. The number of allylic oxidation sites excluding steroid dienone is 1. The Morgan fingerprint density at radius 3 is 2.52 bits per heavy atom. The maximum atomic E-state index is 11.6. The lowest BCUT2D eigenvalue weighted by Crippen LogP contribution is -2.00. The number of thiazole rings is 1. The number of para-hydroxylation sites is 1. The van der Waals surface area contributed by atoms with Gasteiger partial charge in [0.15, 0.2) is 0 Å². The number of carboxylic acids is 1. The number of carbonyl (C=O) groups excluding carboxylic acids is 1. The van der Waals surface area contributed by atoms with Gasteiger partial charge in [0.25, 0.3) is 0 Å². The van der Waals surface area contributed by atoms with Crippen LogP contribution in [0.2, 0.25) is 0 Å². The van der Waals surface area contributed by atoms with E-state index >= 15 is 0 Å². The van der Waals surface area contributed by atoms with Crippen molar-refractivity contribution < 1.29 is 19.4 Å². The predicted molar refractivity (Wildman–Crippen MR) is 107 cm³/mol. The molecule has 27 heavy (non-hydrogen) atoms. The minimum absolute atomic E-state index is 0.115. The highest BCUT2D eigenvalue weighted by atomic mass is 32.1. The molecule has 0 aliphatic rings. The lowest BCUT2D eigenvalue weighted by molar-refractivity contribution is -0.137. The molecule has 5 nitrogen and oxygen atoms in total. The maximum Gasteiger partial charge on any atom is 0.337 e. The van der Waals surface area contributed by atoms with E-state index in [4.69, 9.17) is 14.8 Å². The molecule has 0 saturated carbocycles. The summed E-state index contributed by atoms with van der Waals surface area (Å²) in [4.78, 5) is 27.1. The Hall–Kier alpha value is -2.99. The molecular weight excluding hydrogens is 362 g/mol. The predicted octanol–water partition coefficient (Wildman–Crippen LogP) is 4.88. The number of benzene rings is 2. The van der Waals surface area contributed by atoms with Gasteiger partial charge in [-0.3, -0.25) is 4.79 Å². The summed E-state index contributed by atoms with van der Waals surface area (Å²) < 4.78 is 5.81. The van der Waals surface area contributed by atoms with Crippen LogP contribution in [0.4, 0.5) is 0 Å². The van der Waals surface area contributed by atoms with E-state index in [9.17, 15) is 9.59 Å². The van der Waals surface area contributed by atoms with Crippen molar-refractivity contribution in [1.82, 2.24) is 4.98 Å². The zero-order chi connectivity index (χ0) is 19.2. The Labute approximate surface area is 160 Å². The number of carbonyl (C=O) groups is 2. The van der Waals surface area contributed by atoms with Gasteiger partial charge in [0.1, 0.15) is 5.01 Å². The molecule has 0 spiro atoms. The van der Waals surface area contributed by atoms with Crippen LogP contribution in [-0.2, 0) is 9.53 Å². The lowest BCUT2D eigenvalue weighted by Gasteiger charge is -2.05. The van der Waals surface area contributed by atoms with E-state index in [0.717, 1.165) is 26.4 Å². The number of aliphatic carboxylic acids is 1. The second-order valence-corrected chi connectivity index (χ2v) is 7.05. The largest absolute Gasteiger partial charge is 0.481 e. The summed E-state index contributed by atoms with van der Waals surface area (Å²) in [6, 6.07) is 15.0. The van der Waals surface area contributed by atoms with Crippen LogP contribution in [0.25, 0.3) is 21.9 Å². The standard InChI is InChI=1S/C21H19NO4S/c1-26-21(25)15-11-9-14(10-12-15)13-16(5-4-8-19(23)24)20-22-17-6-2-3-7-18(17)27-20/h2-3,6-7,9-13H,4-5,8H2,1H3,(H,23,24). The average Bonchev–Trinajstić information content (AvgIpc) is 3.11. The van der Waals surface area contributed by atoms with E-state index in [1.54, 1.807) is 23.5 Å². The lowest BCUT2D eigenvalue weighted by atomic mass is 10.0. The third-order valence-electron chi connectivity index (χ3n) is 4.08. The van der Waals surface area contributed by atoms with E-state index in [1.807, 2.05) is 42.5 Å². The number of aromatic nitrogens is 1. The normalized spacial score (nSPS) is 11.5. The second-order valence-electron chi connectivity index (χ2n) is 6.02. The maximum absolute atomic E-state index is 11.6. The molecule has 2 aromatic carbocycles. The monoisotopic (exact) mass is 381 g/mol. The van der Waals surface area contributed by atoms with Crippen molar-refractivity contribution in [3.8, 4) is 0 Å². The van der Waals surface area contributed by atoms with Crippen molar-refractivity contribution in [2.24, 2.45) is 0 Å². The highest BCUT2D eigenvalue weighted by molar-refractivity contribution is 7.19. The van der Waals surface area contributed by atoms with Gasteiger partial charge >= 0.3 is 11.9 Å². The van der Waals surface area contributed by atoms with Crippen LogP contribution in [0, 0.1) is 0 Å². The van der Waals surface area contributed by atoms with Gasteiger partial charge < -0.3 is 9.84 Å². The first-order valence-electron chi connectivity index (χ1n) is 8.53. The van der Waals surface area contributed by atoms with Crippen LogP contribution < -0.4 is 0 Å². The quantitative estimate of drug-likeness (QED) is 0.590. The fraction of sp³-hybridized carbons (Fsp3) is 0.190. The smallest absolute Gasteiger partial charge is 0.337 e. The van der Waals surface area contributed by atoms with Crippen molar-refractivity contribution in [1.29, 1.82) is 0 Å². The molecule has 1 heterocycles. The molecule has 138 valence electrons. The second kappa shape index (κ2) is 8.60. The van der Waals surface area contributed by atoms with Gasteiger partial charge in [0.2, 0.25) is 0 Å². The Kier molecular flexibility index (Phi) is 5.98. The number of rotatable bonds is 7. The molecule has 0 atom stereocenters. The summed E-state index contributed by atoms with van der Waals surface area (Å²) in [5.74, 6) is -1.18. The number of methoxy groups -OCH3 is 1. The molecule has 6 heteroatoms. The fourth-order valence-electron chi connectivity index (χ4n) is 2.71. The molecular formula is C21H19NO4S. The fourth-order valence-corrected chi connectivity index (χ4v) is 3.72. The molecule has 1 N–H and O–H groups in total. The van der Waals surface area contributed by atoms with E-state index in [2.05, 4.69) is 0 Å². The average molecular weight is 381 g/mol. The molecule has 0 unspecified atom stereocenters. The zero-order valence-corrected chi connectivity index (χ0v) is 15.7. The number of fused-ring (bicyclic) bond motifs is 1. The molecule has 3 rings (SSSR count). The highest BCUT2D eigenvalue weighted by Gasteiger charge is 2.11. The third-order valence-corrected chi connectivity index (χ3v) is 5.19. The number of hydrogen-bond donors (Lipinski definition) is 1. The molecule has 0 bridgehead atoms. The Bertz CT molecular complexity index is 956. The van der Waals surface area contributed by atoms with Crippen LogP contribution in [0.1, 0.15) is 40.2 Å². The zero-order valence-electron chi connectivity index (χ0n) is 14.8. The highest BCUT2D eigenvalue weighted by Crippen LogP contribution is 2.31. The molecule has 0 radical (unpaired) electrons. The van der Waals surface area contributed by atoms with Gasteiger partial charge in [-0.05, 0) is 54.3 Å². The summed E-state index contributed by atoms with van der Waals surface area (Å²) in [6.45, 7) is 0. The van der Waals surface area contributed by atoms with E-state index in [-0.39, 0.29) is 12.4 Å². The van der Waals surface area contributed by atoms with Crippen LogP contribution in [0.15, 0.2) is 48.5 Å². The van der Waals surface area contributed by atoms with Crippen LogP contribution in [0.5, 0.6) is 0 Å². The van der Waals surface area contributed by atoms with Gasteiger partial charge in [-0.1, -0.05) is 24.3 Å². The van der Waals surface area contributed by atoms with Gasteiger partial charge in [0, 0.05) is 6.42 Å². The minimum atomic E-state index is -0.805. The number of carboxylic acid groups (broad SMARTS) is 1. The SMILES string of the molecule is COC(=O)c1ccc(C=C(CCCC(=O)O)c2nc3ccccc3s2)cc1. The molecule has 1 aromatic heterocycles. The van der Waals surface area contributed by atoms with Crippen LogP contribution in [-0.4, -0.2) is 29.1 Å². The number of hydrogen-bond acceptors (Lipinski definition) is 5. The Morgan fingerprint density at radius 1 is 1.11 bits per heavy atom. The molecule has 3 aromatic rings. The number of ether oxygens (including phenoxy) is 1.